The van der Waals surface area contributed by atoms with Crippen LogP contribution in [0.3, 0.4) is 0 Å². The third-order valence-electron chi connectivity index (χ3n) is 8.72. The Hall–Kier alpha value is -3.28. The average Bonchev–Trinajstić information content (AvgIpc) is 2.85. The van der Waals surface area contributed by atoms with E-state index in [1.54, 1.807) is 23.1 Å². The van der Waals surface area contributed by atoms with Crippen molar-refractivity contribution < 1.29 is 9.18 Å². The van der Waals surface area contributed by atoms with Gasteiger partial charge >= 0.3 is 0 Å². The van der Waals surface area contributed by atoms with Gasteiger partial charge in [0.15, 0.2) is 0 Å². The van der Waals surface area contributed by atoms with E-state index in [4.69, 9.17) is 5.73 Å². The second kappa shape index (κ2) is 8.99. The van der Waals surface area contributed by atoms with E-state index in [-0.39, 0.29) is 28.9 Å². The van der Waals surface area contributed by atoms with Gasteiger partial charge in [-0.15, -0.1) is 0 Å². The molecule has 6 heteroatoms. The summed E-state index contributed by atoms with van der Waals surface area (Å²) < 4.78 is 13.8. The second-order valence-corrected chi connectivity index (χ2v) is 11.3. The molecule has 0 unspecified atom stereocenters. The lowest BCUT2D eigenvalue weighted by atomic mass is 9.49. The standard InChI is InChI=1S/C30H35FN4O/c1-19(2)20-6-12-24-21(16-20)7-13-25-29(24,3)14-5-15-30(25,4)28(36)35(23-10-8-22(31)9-11-23)27-17-26(32)33-18-34-27/h6,8-12,16-19,25H,5,7,13-15H2,1-4H3,(H2,32,33,34)/t25-,29-,30-/m1/s1. The zero-order valence-corrected chi connectivity index (χ0v) is 21.6. The first-order chi connectivity index (χ1) is 17.1. The van der Waals surface area contributed by atoms with Gasteiger partial charge in [-0.05, 0) is 83.9 Å². The van der Waals surface area contributed by atoms with Gasteiger partial charge in [0.2, 0.25) is 5.91 Å². The molecule has 1 saturated carbocycles. The SMILES string of the molecule is CC(C)c1ccc2c(c1)CC[C@H]1[C@](C)(C(=O)N(c3ccc(F)cc3)c3cc(N)ncn3)CCC[C@]21C. The maximum atomic E-state index is 14.6. The Morgan fingerprint density at radius 3 is 2.53 bits per heavy atom. The van der Waals surface area contributed by atoms with Crippen LogP contribution < -0.4 is 10.6 Å². The largest absolute Gasteiger partial charge is 0.384 e. The molecule has 0 bridgehead atoms. The minimum Gasteiger partial charge on any atom is -0.384 e. The van der Waals surface area contributed by atoms with E-state index in [9.17, 15) is 9.18 Å². The number of aryl methyl sites for hydroxylation is 1. The molecule has 1 amide bonds. The van der Waals surface area contributed by atoms with Crippen LogP contribution in [0.15, 0.2) is 54.9 Å². The minimum atomic E-state index is -0.616. The highest BCUT2D eigenvalue weighted by molar-refractivity contribution is 6.03. The summed E-state index contributed by atoms with van der Waals surface area (Å²) in [4.78, 5) is 24.6. The fraction of sp³-hybridized carbons (Fsp3) is 0.433. The van der Waals surface area contributed by atoms with Crippen molar-refractivity contribution in [2.45, 2.75) is 71.1 Å². The minimum absolute atomic E-state index is 0.0228. The average molecular weight is 487 g/mol. The first kappa shape index (κ1) is 24.4. The van der Waals surface area contributed by atoms with Crippen LogP contribution in [0.1, 0.15) is 76.0 Å². The molecule has 5 nitrogen and oxygen atoms in total. The summed E-state index contributed by atoms with van der Waals surface area (Å²) in [6.07, 6.45) is 6.11. The van der Waals surface area contributed by atoms with Crippen LogP contribution in [0.5, 0.6) is 0 Å². The monoisotopic (exact) mass is 486 g/mol. The van der Waals surface area contributed by atoms with Crippen molar-refractivity contribution in [2.24, 2.45) is 11.3 Å². The molecule has 2 N–H and O–H groups in total. The number of aromatic nitrogens is 2. The Morgan fingerprint density at radius 2 is 1.83 bits per heavy atom. The summed E-state index contributed by atoms with van der Waals surface area (Å²) in [5.74, 6) is 0.978. The first-order valence-corrected chi connectivity index (χ1v) is 12.9. The van der Waals surface area contributed by atoms with Gasteiger partial charge in [0.25, 0.3) is 0 Å². The molecule has 0 aliphatic heterocycles. The van der Waals surface area contributed by atoms with Crippen molar-refractivity contribution in [1.29, 1.82) is 0 Å². The summed E-state index contributed by atoms with van der Waals surface area (Å²) >= 11 is 0. The lowest BCUT2D eigenvalue weighted by Crippen LogP contribution is -2.55. The normalized spacial score (nSPS) is 25.2. The molecular weight excluding hydrogens is 451 g/mol. The molecule has 2 aromatic carbocycles. The number of rotatable bonds is 4. The number of hydrogen-bond acceptors (Lipinski definition) is 4. The van der Waals surface area contributed by atoms with Gasteiger partial charge in [-0.2, -0.15) is 0 Å². The number of nitrogens with zero attached hydrogens (tertiary/aromatic N) is 3. The molecule has 2 aliphatic carbocycles. The van der Waals surface area contributed by atoms with Crippen LogP contribution in [0.2, 0.25) is 0 Å². The first-order valence-electron chi connectivity index (χ1n) is 12.9. The Kier molecular flexibility index (Phi) is 6.09. The van der Waals surface area contributed by atoms with Crippen molar-refractivity contribution in [3.8, 4) is 0 Å². The summed E-state index contributed by atoms with van der Waals surface area (Å²) in [5, 5.41) is 0. The third-order valence-corrected chi connectivity index (χ3v) is 8.72. The lowest BCUT2D eigenvalue weighted by Gasteiger charge is -2.55. The van der Waals surface area contributed by atoms with Crippen molar-refractivity contribution in [2.75, 3.05) is 10.6 Å². The quantitative estimate of drug-likeness (QED) is 0.446. The van der Waals surface area contributed by atoms with Crippen molar-refractivity contribution in [3.63, 3.8) is 0 Å². The van der Waals surface area contributed by atoms with Crippen LogP contribution >= 0.6 is 0 Å². The molecule has 1 fully saturated rings. The summed E-state index contributed by atoms with van der Waals surface area (Å²) in [6.45, 7) is 8.93. The smallest absolute Gasteiger partial charge is 0.238 e. The zero-order valence-electron chi connectivity index (χ0n) is 21.6. The maximum Gasteiger partial charge on any atom is 0.238 e. The van der Waals surface area contributed by atoms with Crippen molar-refractivity contribution >= 4 is 23.2 Å². The van der Waals surface area contributed by atoms with E-state index < -0.39 is 5.41 Å². The number of anilines is 3. The third kappa shape index (κ3) is 3.97. The van der Waals surface area contributed by atoms with E-state index in [0.29, 0.717) is 17.4 Å². The van der Waals surface area contributed by atoms with Crippen LogP contribution in [-0.4, -0.2) is 15.9 Å². The van der Waals surface area contributed by atoms with E-state index in [1.807, 2.05) is 0 Å². The van der Waals surface area contributed by atoms with Crippen LogP contribution in [0.4, 0.5) is 21.7 Å². The number of hydrogen-bond donors (Lipinski definition) is 1. The topological polar surface area (TPSA) is 72.1 Å². The van der Waals surface area contributed by atoms with E-state index in [2.05, 4.69) is 55.9 Å². The number of halogens is 1. The Morgan fingerprint density at radius 1 is 1.08 bits per heavy atom. The number of nitrogens with two attached hydrogens (primary N) is 1. The van der Waals surface area contributed by atoms with Crippen molar-refractivity contribution in [3.05, 3.63) is 77.4 Å². The second-order valence-electron chi connectivity index (χ2n) is 11.3. The Bertz CT molecular complexity index is 1290. The molecule has 1 aromatic heterocycles. The van der Waals surface area contributed by atoms with Crippen LogP contribution in [0.25, 0.3) is 0 Å². The molecule has 36 heavy (non-hydrogen) atoms. The fourth-order valence-electron chi connectivity index (χ4n) is 6.81. The number of fused-ring (bicyclic) bond motifs is 3. The van der Waals surface area contributed by atoms with E-state index in [1.165, 1.54) is 35.2 Å². The number of amides is 1. The van der Waals surface area contributed by atoms with E-state index >= 15 is 0 Å². The van der Waals surface area contributed by atoms with Gasteiger partial charge in [-0.1, -0.05) is 52.3 Å². The maximum absolute atomic E-state index is 14.6. The number of benzene rings is 2. The van der Waals surface area contributed by atoms with Gasteiger partial charge < -0.3 is 5.73 Å². The van der Waals surface area contributed by atoms with Gasteiger partial charge in [0.05, 0.1) is 11.1 Å². The van der Waals surface area contributed by atoms with Gasteiger partial charge in [-0.3, -0.25) is 9.69 Å². The molecule has 0 spiro atoms. The molecule has 0 radical (unpaired) electrons. The highest BCUT2D eigenvalue weighted by Crippen LogP contribution is 2.58. The molecule has 2 aliphatic rings. The molecule has 0 saturated heterocycles. The molecular formula is C30H35FN4O. The Balaban J connectivity index is 1.59. The van der Waals surface area contributed by atoms with Gasteiger partial charge in [-0.25, -0.2) is 14.4 Å². The van der Waals surface area contributed by atoms with Gasteiger partial charge in [0, 0.05) is 6.07 Å². The van der Waals surface area contributed by atoms with Crippen molar-refractivity contribution in [1.82, 2.24) is 9.97 Å². The number of carbonyl (C=O) groups excluding carboxylic acids is 1. The zero-order chi connectivity index (χ0) is 25.7. The molecule has 3 atom stereocenters. The summed E-state index contributed by atoms with van der Waals surface area (Å²) in [6, 6.07) is 14.6. The molecule has 3 aromatic rings. The lowest BCUT2D eigenvalue weighted by molar-refractivity contribution is -0.135. The molecule has 188 valence electrons. The van der Waals surface area contributed by atoms with Crippen LogP contribution in [0, 0.1) is 17.2 Å². The summed E-state index contributed by atoms with van der Waals surface area (Å²) in [7, 11) is 0. The highest BCUT2D eigenvalue weighted by Gasteiger charge is 2.56. The van der Waals surface area contributed by atoms with Crippen LogP contribution in [-0.2, 0) is 16.6 Å². The van der Waals surface area contributed by atoms with E-state index in [0.717, 1.165) is 32.1 Å². The fourth-order valence-corrected chi connectivity index (χ4v) is 6.81. The highest BCUT2D eigenvalue weighted by atomic mass is 19.1. The molecule has 5 rings (SSSR count). The molecule has 1 heterocycles. The number of carbonyl (C=O) groups is 1. The summed E-state index contributed by atoms with van der Waals surface area (Å²) in [5.41, 5.74) is 10.0. The number of nitrogen functional groups attached to an aromatic ring is 1. The predicted octanol–water partition coefficient (Wildman–Crippen LogP) is 6.70. The van der Waals surface area contributed by atoms with Gasteiger partial charge in [0.1, 0.15) is 23.8 Å². The Labute approximate surface area is 213 Å². The predicted molar refractivity (Wildman–Crippen MR) is 142 cm³/mol.